The van der Waals surface area contributed by atoms with Gasteiger partial charge < -0.3 is 13.9 Å². The highest BCUT2D eigenvalue weighted by molar-refractivity contribution is 6.11. The monoisotopic (exact) mass is 443 g/mol. The average Bonchev–Trinajstić information content (AvgIpc) is 3.57. The van der Waals surface area contributed by atoms with Gasteiger partial charge in [-0.1, -0.05) is 12.1 Å². The molecule has 8 heteroatoms. The number of hydrogen-bond donors (Lipinski definition) is 1. The van der Waals surface area contributed by atoms with Crippen molar-refractivity contribution in [2.75, 3.05) is 18.6 Å². The molecular weight excluding hydrogens is 422 g/mol. The van der Waals surface area contributed by atoms with Gasteiger partial charge in [-0.25, -0.2) is 4.79 Å². The largest absolute Gasteiger partial charge is 0.497 e. The lowest BCUT2D eigenvalue weighted by molar-refractivity contribution is 0.0526. The fourth-order valence-corrected chi connectivity index (χ4v) is 4.09. The number of hydrogen-bond acceptors (Lipinski definition) is 6. The van der Waals surface area contributed by atoms with E-state index in [4.69, 9.17) is 13.9 Å². The molecule has 1 aliphatic heterocycles. The van der Waals surface area contributed by atoms with E-state index >= 15 is 0 Å². The number of amides is 1. The molecular formula is C25H21N3O5. The molecule has 0 spiro atoms. The summed E-state index contributed by atoms with van der Waals surface area (Å²) in [5.74, 6) is 0.655. The molecule has 0 fully saturated rings. The molecule has 1 aliphatic rings. The maximum atomic E-state index is 13.5. The predicted octanol–water partition coefficient (Wildman–Crippen LogP) is 4.60. The molecule has 8 nitrogen and oxygen atoms in total. The summed E-state index contributed by atoms with van der Waals surface area (Å²) in [6, 6.07) is 17.5. The Kier molecular flexibility index (Phi) is 5.18. The van der Waals surface area contributed by atoms with Gasteiger partial charge in [0.05, 0.1) is 31.6 Å². The van der Waals surface area contributed by atoms with E-state index in [0.29, 0.717) is 40.8 Å². The van der Waals surface area contributed by atoms with E-state index in [9.17, 15) is 9.59 Å². The molecule has 0 saturated carbocycles. The predicted molar refractivity (Wildman–Crippen MR) is 120 cm³/mol. The molecule has 0 bridgehead atoms. The smallest absolute Gasteiger partial charge is 0.338 e. The molecule has 4 aromatic rings. The van der Waals surface area contributed by atoms with Crippen LogP contribution in [-0.4, -0.2) is 35.8 Å². The van der Waals surface area contributed by atoms with Crippen LogP contribution >= 0.6 is 0 Å². The summed E-state index contributed by atoms with van der Waals surface area (Å²) in [4.78, 5) is 27.2. The fourth-order valence-electron chi connectivity index (χ4n) is 4.09. The molecule has 3 heterocycles. The number of aromatic nitrogens is 2. The van der Waals surface area contributed by atoms with Gasteiger partial charge in [-0.3, -0.25) is 14.8 Å². The zero-order valence-corrected chi connectivity index (χ0v) is 18.1. The highest BCUT2D eigenvalue weighted by Gasteiger charge is 2.43. The standard InChI is InChI=1S/C25H21N3O5/c1-3-32-25(30)16-6-10-17(11-7-16)28-23(15-8-12-18(31-2)13-9-15)20-21(19-5-4-14-33-19)26-27-22(20)24(28)29/h4-14,23H,3H2,1-2H3,(H,26,27)/t23-/m1/s1. The summed E-state index contributed by atoms with van der Waals surface area (Å²) < 4.78 is 16.0. The first-order chi connectivity index (χ1) is 16.1. The lowest BCUT2D eigenvalue weighted by atomic mass is 9.97. The molecule has 0 unspecified atom stereocenters. The first kappa shape index (κ1) is 20.6. The number of nitrogens with zero attached hydrogens (tertiary/aromatic N) is 2. The van der Waals surface area contributed by atoms with Crippen LogP contribution in [0.3, 0.4) is 0 Å². The SMILES string of the molecule is CCOC(=O)c1ccc(N2C(=O)c3n[nH]c(-c4ccco4)c3[C@H]2c2ccc(OC)cc2)cc1. The number of esters is 1. The number of benzene rings is 2. The normalized spacial score (nSPS) is 14.9. The second-order valence-electron chi connectivity index (χ2n) is 7.46. The van der Waals surface area contributed by atoms with Crippen LogP contribution in [0.1, 0.15) is 44.9 Å². The van der Waals surface area contributed by atoms with Crippen molar-refractivity contribution < 1.29 is 23.5 Å². The van der Waals surface area contributed by atoms with Gasteiger partial charge in [0.15, 0.2) is 11.5 Å². The number of methoxy groups -OCH3 is 1. The van der Waals surface area contributed by atoms with E-state index in [0.717, 1.165) is 11.1 Å². The van der Waals surface area contributed by atoms with E-state index in [1.54, 1.807) is 55.5 Å². The van der Waals surface area contributed by atoms with Crippen molar-refractivity contribution >= 4 is 17.6 Å². The molecule has 0 aliphatic carbocycles. The Bertz CT molecular complexity index is 1290. The summed E-state index contributed by atoms with van der Waals surface area (Å²) in [6.45, 7) is 2.05. The lowest BCUT2D eigenvalue weighted by Gasteiger charge is -2.26. The van der Waals surface area contributed by atoms with Crippen LogP contribution in [0, 0.1) is 0 Å². The molecule has 2 aromatic heterocycles. The molecule has 0 saturated heterocycles. The summed E-state index contributed by atoms with van der Waals surface area (Å²) in [6.07, 6.45) is 1.58. The van der Waals surface area contributed by atoms with E-state index in [2.05, 4.69) is 10.2 Å². The number of carbonyl (C=O) groups is 2. The second kappa shape index (κ2) is 8.31. The third kappa shape index (κ3) is 3.45. The van der Waals surface area contributed by atoms with Crippen LogP contribution in [-0.2, 0) is 4.74 Å². The molecule has 5 rings (SSSR count). The van der Waals surface area contributed by atoms with Crippen LogP contribution < -0.4 is 9.64 Å². The average molecular weight is 443 g/mol. The van der Waals surface area contributed by atoms with E-state index < -0.39 is 12.0 Å². The zero-order chi connectivity index (χ0) is 22.9. The minimum absolute atomic E-state index is 0.247. The maximum absolute atomic E-state index is 13.5. The zero-order valence-electron chi connectivity index (χ0n) is 18.1. The number of rotatable bonds is 6. The van der Waals surface area contributed by atoms with Crippen molar-refractivity contribution in [3.63, 3.8) is 0 Å². The Balaban J connectivity index is 1.62. The maximum Gasteiger partial charge on any atom is 0.338 e. The summed E-state index contributed by atoms with van der Waals surface area (Å²) >= 11 is 0. The van der Waals surface area contributed by atoms with Crippen molar-refractivity contribution in [3.05, 3.63) is 89.3 Å². The van der Waals surface area contributed by atoms with Crippen LogP contribution in [0.4, 0.5) is 5.69 Å². The molecule has 33 heavy (non-hydrogen) atoms. The number of nitrogens with one attached hydrogen (secondary N) is 1. The second-order valence-corrected chi connectivity index (χ2v) is 7.46. The molecule has 1 atom stereocenters. The van der Waals surface area contributed by atoms with E-state index in [1.165, 1.54) is 0 Å². The van der Waals surface area contributed by atoms with Crippen LogP contribution in [0.5, 0.6) is 5.75 Å². The van der Waals surface area contributed by atoms with Crippen molar-refractivity contribution in [1.82, 2.24) is 10.2 Å². The van der Waals surface area contributed by atoms with Gasteiger partial charge in [-0.05, 0) is 61.0 Å². The number of fused-ring (bicyclic) bond motifs is 1. The minimum atomic E-state index is -0.453. The third-order valence-corrected chi connectivity index (χ3v) is 5.61. The Morgan fingerprint density at radius 2 is 1.88 bits per heavy atom. The van der Waals surface area contributed by atoms with Gasteiger partial charge >= 0.3 is 5.97 Å². The summed E-state index contributed by atoms with van der Waals surface area (Å²) in [5.41, 5.74) is 3.65. The van der Waals surface area contributed by atoms with Crippen LogP contribution in [0.2, 0.25) is 0 Å². The third-order valence-electron chi connectivity index (χ3n) is 5.61. The highest BCUT2D eigenvalue weighted by atomic mass is 16.5. The number of H-pyrrole nitrogens is 1. The Hall–Kier alpha value is -4.33. The van der Waals surface area contributed by atoms with Crippen LogP contribution in [0.15, 0.2) is 71.3 Å². The number of aromatic amines is 1. The van der Waals surface area contributed by atoms with Gasteiger partial charge in [0.1, 0.15) is 11.4 Å². The number of anilines is 1. The molecule has 1 amide bonds. The van der Waals surface area contributed by atoms with Crippen molar-refractivity contribution in [1.29, 1.82) is 0 Å². The quantitative estimate of drug-likeness (QED) is 0.437. The summed E-state index contributed by atoms with van der Waals surface area (Å²) in [5, 5.41) is 7.28. The first-order valence-corrected chi connectivity index (χ1v) is 10.5. The molecule has 0 radical (unpaired) electrons. The van der Waals surface area contributed by atoms with E-state index in [1.807, 2.05) is 30.3 Å². The number of ether oxygens (including phenoxy) is 2. The first-order valence-electron chi connectivity index (χ1n) is 10.5. The highest BCUT2D eigenvalue weighted by Crippen LogP contribution is 2.45. The molecule has 2 aromatic carbocycles. The van der Waals surface area contributed by atoms with Gasteiger partial charge in [-0.15, -0.1) is 0 Å². The van der Waals surface area contributed by atoms with Gasteiger partial charge in [-0.2, -0.15) is 5.10 Å². The fraction of sp³-hybridized carbons (Fsp3) is 0.160. The van der Waals surface area contributed by atoms with E-state index in [-0.39, 0.29) is 5.91 Å². The topological polar surface area (TPSA) is 97.7 Å². The number of furan rings is 1. The number of carbonyl (C=O) groups excluding carboxylic acids is 2. The lowest BCUT2D eigenvalue weighted by Crippen LogP contribution is -2.29. The van der Waals surface area contributed by atoms with Gasteiger partial charge in [0, 0.05) is 11.3 Å². The molecule has 166 valence electrons. The summed E-state index contributed by atoms with van der Waals surface area (Å²) in [7, 11) is 1.61. The van der Waals surface area contributed by atoms with Gasteiger partial charge in [0.25, 0.3) is 5.91 Å². The Morgan fingerprint density at radius 1 is 1.12 bits per heavy atom. The Labute approximate surface area is 189 Å². The van der Waals surface area contributed by atoms with Crippen LogP contribution in [0.25, 0.3) is 11.5 Å². The van der Waals surface area contributed by atoms with Crippen molar-refractivity contribution in [2.45, 2.75) is 13.0 Å². The minimum Gasteiger partial charge on any atom is -0.497 e. The van der Waals surface area contributed by atoms with Crippen molar-refractivity contribution in [2.24, 2.45) is 0 Å². The van der Waals surface area contributed by atoms with Crippen molar-refractivity contribution in [3.8, 4) is 17.2 Å². The molecule has 1 N–H and O–H groups in total. The van der Waals surface area contributed by atoms with Gasteiger partial charge in [0.2, 0.25) is 0 Å². The Morgan fingerprint density at radius 3 is 2.52 bits per heavy atom.